The van der Waals surface area contributed by atoms with Gasteiger partial charge in [0, 0.05) is 6.42 Å². The van der Waals surface area contributed by atoms with Crippen molar-refractivity contribution in [3.8, 4) is 48.4 Å². The largest absolute Gasteiger partial charge is 0.401 e. The molecule has 0 aliphatic heterocycles. The molecule has 0 aromatic carbocycles. The zero-order valence-corrected chi connectivity index (χ0v) is 39.3. The van der Waals surface area contributed by atoms with E-state index in [1.54, 1.807) is 0 Å². The van der Waals surface area contributed by atoms with Crippen LogP contribution in [-0.4, -0.2) is 28.8 Å². The van der Waals surface area contributed by atoms with Crippen LogP contribution < -0.4 is 0 Å². The van der Waals surface area contributed by atoms with Gasteiger partial charge >= 0.3 is 0 Å². The zero-order chi connectivity index (χ0) is 41.3. The first-order valence-corrected chi connectivity index (χ1v) is 29.4. The topological polar surface area (TPSA) is 18.5 Å². The van der Waals surface area contributed by atoms with Gasteiger partial charge in [0.15, 0.2) is 22.7 Å². The lowest BCUT2D eigenvalue weighted by Crippen LogP contribution is -2.30. The fraction of sp³-hybridized carbons (Fsp3) is 0.654. The number of allylic oxidation sites excluding steroid dienone is 9. The van der Waals surface area contributed by atoms with Crippen molar-refractivity contribution < 1.29 is 8.85 Å². The van der Waals surface area contributed by atoms with Crippen molar-refractivity contribution in [3.05, 3.63) is 60.8 Å². The average molecular weight is 797 g/mol. The summed E-state index contributed by atoms with van der Waals surface area (Å²) in [6.07, 6.45) is 64.8. The van der Waals surface area contributed by atoms with E-state index in [1.807, 2.05) is 18.2 Å². The molecule has 0 saturated carbocycles. The summed E-state index contributed by atoms with van der Waals surface area (Å²) in [5.41, 5.74) is 0. The molecule has 0 heterocycles. The third-order valence-corrected chi connectivity index (χ3v) is 10.9. The third-order valence-electron chi connectivity index (χ3n) is 9.03. The van der Waals surface area contributed by atoms with E-state index in [4.69, 9.17) is 21.7 Å². The molecule has 0 N–H and O–H groups in total. The van der Waals surface area contributed by atoms with Gasteiger partial charge in [0.05, 0.1) is 0 Å². The van der Waals surface area contributed by atoms with Crippen LogP contribution in [0, 0.1) is 48.4 Å². The number of rotatable bonds is 34. The predicted molar refractivity (Wildman–Crippen MR) is 255 cm³/mol. The van der Waals surface area contributed by atoms with Crippen LogP contribution in [0.4, 0.5) is 0 Å². The standard InChI is InChI=1S/C52H84O2Si2/c1-9-11-12-13-14-15-16-17-18-19-20-21-22-23-24-25-26-27-28-29-30-31-32-33-34-35-36-40-43-46-49-52(54-56(6,7)8)50-47-44-41-38-37-39-42-45-48-51(10-2)53-55(3,4)5/h1-2,11-12,27-28,33-34,40,43,45,48,51-52H,13-26,29-32,35-39,41-42,44H2,3-8H3/b12-11-,28-27-,34-33-,43-40+,48-45+/t51-,52-/m1/s1. The van der Waals surface area contributed by atoms with Crippen LogP contribution in [0.3, 0.4) is 0 Å². The first kappa shape index (κ1) is 53.3. The Hall–Kier alpha value is -2.71. The zero-order valence-electron chi connectivity index (χ0n) is 37.3. The summed E-state index contributed by atoms with van der Waals surface area (Å²) in [5, 5.41) is 0. The number of unbranched alkanes of at least 4 members (excludes halogenated alkanes) is 22. The lowest BCUT2D eigenvalue weighted by Gasteiger charge is -2.20. The van der Waals surface area contributed by atoms with E-state index in [1.165, 1.54) is 122 Å². The molecule has 0 aromatic heterocycles. The molecule has 0 aliphatic carbocycles. The van der Waals surface area contributed by atoms with Crippen molar-refractivity contribution in [2.24, 2.45) is 0 Å². The van der Waals surface area contributed by atoms with Gasteiger partial charge in [-0.25, -0.2) is 0 Å². The van der Waals surface area contributed by atoms with Crippen molar-refractivity contribution in [1.29, 1.82) is 0 Å². The van der Waals surface area contributed by atoms with E-state index >= 15 is 0 Å². The minimum atomic E-state index is -1.73. The van der Waals surface area contributed by atoms with Crippen LogP contribution in [0.15, 0.2) is 60.8 Å². The molecule has 4 heteroatoms. The highest BCUT2D eigenvalue weighted by molar-refractivity contribution is 6.70. The highest BCUT2D eigenvalue weighted by Crippen LogP contribution is 2.14. The second kappa shape index (κ2) is 39.1. The van der Waals surface area contributed by atoms with Crippen LogP contribution in [0.5, 0.6) is 0 Å². The first-order valence-electron chi connectivity index (χ1n) is 22.6. The summed E-state index contributed by atoms with van der Waals surface area (Å²) >= 11 is 0. The molecule has 0 radical (unpaired) electrons. The van der Waals surface area contributed by atoms with Gasteiger partial charge in [-0.2, -0.15) is 0 Å². The summed E-state index contributed by atoms with van der Waals surface area (Å²) in [4.78, 5) is 0. The van der Waals surface area contributed by atoms with Crippen molar-refractivity contribution in [1.82, 2.24) is 0 Å². The second-order valence-electron chi connectivity index (χ2n) is 17.0. The molecule has 0 fully saturated rings. The van der Waals surface area contributed by atoms with Crippen LogP contribution in [0.2, 0.25) is 39.3 Å². The Kier molecular flexibility index (Phi) is 37.2. The van der Waals surface area contributed by atoms with Gasteiger partial charge in [0.1, 0.15) is 6.10 Å². The van der Waals surface area contributed by atoms with Gasteiger partial charge in [-0.05, 0) is 141 Å². The molecule has 0 spiro atoms. The van der Waals surface area contributed by atoms with Gasteiger partial charge < -0.3 is 8.85 Å². The van der Waals surface area contributed by atoms with Crippen molar-refractivity contribution in [3.63, 3.8) is 0 Å². The van der Waals surface area contributed by atoms with E-state index in [0.717, 1.165) is 44.9 Å². The van der Waals surface area contributed by atoms with Gasteiger partial charge in [-0.15, -0.1) is 12.8 Å². The van der Waals surface area contributed by atoms with Gasteiger partial charge in [-0.1, -0.05) is 155 Å². The molecule has 0 unspecified atom stereocenters. The molecule has 56 heavy (non-hydrogen) atoms. The Morgan fingerprint density at radius 3 is 1.36 bits per heavy atom. The number of hydrogen-bond donors (Lipinski definition) is 0. The van der Waals surface area contributed by atoms with Gasteiger partial charge in [0.2, 0.25) is 0 Å². The molecular formula is C52H84O2Si2. The number of terminal acetylenes is 2. The summed E-state index contributed by atoms with van der Waals surface area (Å²) in [6, 6.07) is 0. The molecule has 0 amide bonds. The fourth-order valence-corrected chi connectivity index (χ4v) is 7.80. The molecule has 2 nitrogen and oxygen atoms in total. The van der Waals surface area contributed by atoms with Crippen molar-refractivity contribution in [2.75, 3.05) is 0 Å². The van der Waals surface area contributed by atoms with E-state index in [0.29, 0.717) is 0 Å². The van der Waals surface area contributed by atoms with Gasteiger partial charge in [-0.3, -0.25) is 0 Å². The highest BCUT2D eigenvalue weighted by Gasteiger charge is 2.19. The maximum Gasteiger partial charge on any atom is 0.186 e. The summed E-state index contributed by atoms with van der Waals surface area (Å²) in [5.74, 6) is 18.4. The van der Waals surface area contributed by atoms with Crippen molar-refractivity contribution >= 4 is 16.6 Å². The maximum absolute atomic E-state index is 6.24. The van der Waals surface area contributed by atoms with Crippen molar-refractivity contribution in [2.45, 2.75) is 218 Å². The lowest BCUT2D eigenvalue weighted by atomic mass is 10.0. The molecule has 0 bridgehead atoms. The Morgan fingerprint density at radius 1 is 0.446 bits per heavy atom. The normalized spacial score (nSPS) is 13.3. The molecule has 0 aromatic rings. The maximum atomic E-state index is 6.24. The van der Waals surface area contributed by atoms with Crippen LogP contribution in [0.1, 0.15) is 167 Å². The fourth-order valence-electron chi connectivity index (χ4n) is 6.07. The van der Waals surface area contributed by atoms with Crippen LogP contribution in [-0.2, 0) is 8.85 Å². The van der Waals surface area contributed by atoms with E-state index < -0.39 is 16.6 Å². The minimum absolute atomic E-state index is 0.192. The minimum Gasteiger partial charge on any atom is -0.401 e. The molecule has 312 valence electrons. The summed E-state index contributed by atoms with van der Waals surface area (Å²) in [6.45, 7) is 13.1. The second-order valence-corrected chi connectivity index (χ2v) is 25.9. The van der Waals surface area contributed by atoms with Crippen LogP contribution >= 0.6 is 0 Å². The molecule has 0 aliphatic rings. The van der Waals surface area contributed by atoms with Gasteiger partial charge in [0.25, 0.3) is 0 Å². The SMILES string of the molecule is C#C/C=C\CCCCCCCCCCCCCC/C=C\CCCC/C=C\CC/C=C/C#C[C@H](C#CCCCCCC/C=C/[C@@H](C#C)O[Si](C)(C)C)O[Si](C)(C)C. The molecule has 0 rings (SSSR count). The Morgan fingerprint density at radius 2 is 0.857 bits per heavy atom. The first-order chi connectivity index (χ1) is 27.1. The summed E-state index contributed by atoms with van der Waals surface area (Å²) < 4.78 is 12.2. The smallest absolute Gasteiger partial charge is 0.186 e. The third kappa shape index (κ3) is 44.0. The molecular weight excluding hydrogens is 713 g/mol. The Bertz CT molecular complexity index is 1280. The van der Waals surface area contributed by atoms with E-state index in [2.05, 4.69) is 117 Å². The van der Waals surface area contributed by atoms with E-state index in [9.17, 15) is 0 Å². The monoisotopic (exact) mass is 797 g/mol. The number of hydrogen-bond acceptors (Lipinski definition) is 2. The quantitative estimate of drug-likeness (QED) is 0.0279. The predicted octanol–water partition coefficient (Wildman–Crippen LogP) is 15.6. The van der Waals surface area contributed by atoms with E-state index in [-0.39, 0.29) is 12.2 Å². The Labute approximate surface area is 351 Å². The van der Waals surface area contributed by atoms with Crippen LogP contribution in [0.25, 0.3) is 0 Å². The lowest BCUT2D eigenvalue weighted by molar-refractivity contribution is 0.298. The average Bonchev–Trinajstić information content (AvgIpc) is 3.14. The Balaban J connectivity index is 3.89. The summed E-state index contributed by atoms with van der Waals surface area (Å²) in [7, 11) is -3.35. The molecule has 2 atom stereocenters. The molecule has 0 saturated heterocycles. The highest BCUT2D eigenvalue weighted by atomic mass is 28.4.